The van der Waals surface area contributed by atoms with E-state index in [2.05, 4.69) is 10.6 Å². The third kappa shape index (κ3) is 3.37. The second-order valence-corrected chi connectivity index (χ2v) is 6.10. The molecule has 3 rings (SSSR count). The van der Waals surface area contributed by atoms with Crippen LogP contribution >= 0.6 is 0 Å². The minimum absolute atomic E-state index is 0.0731. The van der Waals surface area contributed by atoms with E-state index in [9.17, 15) is 9.59 Å². The highest BCUT2D eigenvalue weighted by Crippen LogP contribution is 2.23. The van der Waals surface area contributed by atoms with Crippen molar-refractivity contribution in [2.45, 2.75) is 25.5 Å². The molecule has 2 heterocycles. The standard InChI is InChI=1S/C17H23N3O4/c1-11-3-4-12(9-14(11)20-7-6-18-17(20)22)16(21)19-13-5-8-24-10-15(13)23-2/h3-4,9,13,15H,5-8,10H2,1-2H3,(H,18,22)(H,19,21)/t13-,15-/m1/s1. The van der Waals surface area contributed by atoms with Crippen molar-refractivity contribution >= 4 is 17.6 Å². The van der Waals surface area contributed by atoms with Crippen molar-refractivity contribution in [3.05, 3.63) is 29.3 Å². The number of methoxy groups -OCH3 is 1. The van der Waals surface area contributed by atoms with Crippen LogP contribution in [0.1, 0.15) is 22.3 Å². The first-order valence-electron chi connectivity index (χ1n) is 8.17. The molecule has 0 spiro atoms. The lowest BCUT2D eigenvalue weighted by Crippen LogP contribution is -2.49. The zero-order valence-electron chi connectivity index (χ0n) is 14.0. The van der Waals surface area contributed by atoms with Gasteiger partial charge in [0.15, 0.2) is 0 Å². The first-order valence-corrected chi connectivity index (χ1v) is 8.17. The van der Waals surface area contributed by atoms with Crippen LogP contribution < -0.4 is 15.5 Å². The van der Waals surface area contributed by atoms with Crippen LogP contribution in [-0.2, 0) is 9.47 Å². The molecule has 0 unspecified atom stereocenters. The van der Waals surface area contributed by atoms with Crippen LogP contribution in [-0.4, -0.2) is 57.5 Å². The highest BCUT2D eigenvalue weighted by molar-refractivity contribution is 5.99. The van der Waals surface area contributed by atoms with Gasteiger partial charge in [0.1, 0.15) is 6.10 Å². The lowest BCUT2D eigenvalue weighted by molar-refractivity contribution is -0.0479. The fourth-order valence-electron chi connectivity index (χ4n) is 3.10. The highest BCUT2D eigenvalue weighted by Gasteiger charge is 2.28. The zero-order chi connectivity index (χ0) is 17.1. The van der Waals surface area contributed by atoms with Crippen molar-refractivity contribution in [1.82, 2.24) is 10.6 Å². The quantitative estimate of drug-likeness (QED) is 0.863. The Hall–Kier alpha value is -2.12. The Kier molecular flexibility index (Phi) is 5.01. The van der Waals surface area contributed by atoms with Gasteiger partial charge in [-0.05, 0) is 31.0 Å². The van der Waals surface area contributed by atoms with Crippen molar-refractivity contribution in [3.8, 4) is 0 Å². The first-order chi connectivity index (χ1) is 11.6. The molecular formula is C17H23N3O4. The zero-order valence-corrected chi connectivity index (χ0v) is 14.0. The number of hydrogen-bond donors (Lipinski definition) is 2. The van der Waals surface area contributed by atoms with Gasteiger partial charge in [-0.1, -0.05) is 6.07 Å². The summed E-state index contributed by atoms with van der Waals surface area (Å²) in [5.41, 5.74) is 2.27. The lowest BCUT2D eigenvalue weighted by atomic mass is 10.0. The van der Waals surface area contributed by atoms with Crippen LogP contribution in [0.25, 0.3) is 0 Å². The summed E-state index contributed by atoms with van der Waals surface area (Å²) >= 11 is 0. The number of anilines is 1. The van der Waals surface area contributed by atoms with Crippen LogP contribution in [0.3, 0.4) is 0 Å². The number of hydrogen-bond acceptors (Lipinski definition) is 4. The molecule has 0 saturated carbocycles. The second-order valence-electron chi connectivity index (χ2n) is 6.10. The summed E-state index contributed by atoms with van der Waals surface area (Å²) in [7, 11) is 1.62. The monoisotopic (exact) mass is 333 g/mol. The Morgan fingerprint density at radius 2 is 2.29 bits per heavy atom. The number of carbonyl (C=O) groups excluding carboxylic acids is 2. The molecule has 7 heteroatoms. The van der Waals surface area contributed by atoms with Crippen molar-refractivity contribution in [2.24, 2.45) is 0 Å². The molecule has 2 N–H and O–H groups in total. The number of nitrogens with zero attached hydrogens (tertiary/aromatic N) is 1. The van der Waals surface area contributed by atoms with Crippen LogP contribution in [0.5, 0.6) is 0 Å². The Labute approximate surface area is 141 Å². The maximum Gasteiger partial charge on any atom is 0.322 e. The summed E-state index contributed by atoms with van der Waals surface area (Å²) in [4.78, 5) is 26.2. The van der Waals surface area contributed by atoms with E-state index in [0.717, 1.165) is 17.7 Å². The molecule has 1 aromatic rings. The van der Waals surface area contributed by atoms with Crippen LogP contribution in [0.15, 0.2) is 18.2 Å². The normalized spacial score (nSPS) is 23.9. The van der Waals surface area contributed by atoms with E-state index < -0.39 is 0 Å². The first kappa shape index (κ1) is 16.7. The molecule has 7 nitrogen and oxygen atoms in total. The molecule has 0 aromatic heterocycles. The largest absolute Gasteiger partial charge is 0.379 e. The lowest BCUT2D eigenvalue weighted by Gasteiger charge is -2.31. The molecular weight excluding hydrogens is 310 g/mol. The molecule has 2 fully saturated rings. The topological polar surface area (TPSA) is 79.9 Å². The fraction of sp³-hybridized carbons (Fsp3) is 0.529. The van der Waals surface area contributed by atoms with E-state index in [4.69, 9.17) is 9.47 Å². The van der Waals surface area contributed by atoms with Crippen LogP contribution in [0.2, 0.25) is 0 Å². The van der Waals surface area contributed by atoms with Gasteiger partial charge in [-0.25, -0.2) is 4.79 Å². The Morgan fingerprint density at radius 3 is 3.00 bits per heavy atom. The van der Waals surface area contributed by atoms with E-state index in [1.54, 1.807) is 24.1 Å². The van der Waals surface area contributed by atoms with E-state index >= 15 is 0 Å². The molecule has 2 atom stereocenters. The Balaban J connectivity index is 1.76. The fourth-order valence-corrected chi connectivity index (χ4v) is 3.10. The molecule has 1 aromatic carbocycles. The molecule has 3 amide bonds. The third-order valence-electron chi connectivity index (χ3n) is 4.54. The molecule has 0 aliphatic carbocycles. The minimum Gasteiger partial charge on any atom is -0.379 e. The molecule has 0 bridgehead atoms. The van der Waals surface area contributed by atoms with Crippen molar-refractivity contribution in [3.63, 3.8) is 0 Å². The SMILES string of the molecule is CO[C@@H]1COCC[C@H]1NC(=O)c1ccc(C)c(N2CCNC2=O)c1. The predicted molar refractivity (Wildman–Crippen MR) is 89.4 cm³/mol. The molecule has 2 aliphatic heterocycles. The summed E-state index contributed by atoms with van der Waals surface area (Å²) in [6.07, 6.45) is 0.578. The number of carbonyl (C=O) groups is 2. The summed E-state index contributed by atoms with van der Waals surface area (Å²) in [6, 6.07) is 5.23. The second kappa shape index (κ2) is 7.19. The smallest absolute Gasteiger partial charge is 0.322 e. The number of benzene rings is 1. The highest BCUT2D eigenvalue weighted by atomic mass is 16.5. The summed E-state index contributed by atoms with van der Waals surface area (Å²) < 4.78 is 10.8. The van der Waals surface area contributed by atoms with E-state index in [1.165, 1.54) is 0 Å². The summed E-state index contributed by atoms with van der Waals surface area (Å²) in [5.74, 6) is -0.162. The summed E-state index contributed by atoms with van der Waals surface area (Å²) in [5, 5.41) is 5.80. The van der Waals surface area contributed by atoms with Crippen molar-refractivity contribution in [2.75, 3.05) is 38.3 Å². The third-order valence-corrected chi connectivity index (χ3v) is 4.54. The van der Waals surface area contributed by atoms with E-state index in [1.807, 2.05) is 13.0 Å². The minimum atomic E-state index is -0.162. The predicted octanol–water partition coefficient (Wildman–Crippen LogP) is 1.06. The van der Waals surface area contributed by atoms with Gasteiger partial charge in [-0.15, -0.1) is 0 Å². The average molecular weight is 333 g/mol. The maximum atomic E-state index is 12.6. The van der Waals surface area contributed by atoms with Gasteiger partial charge in [-0.3, -0.25) is 9.69 Å². The summed E-state index contributed by atoms with van der Waals surface area (Å²) in [6.45, 7) is 4.25. The van der Waals surface area contributed by atoms with Gasteiger partial charge < -0.3 is 20.1 Å². The van der Waals surface area contributed by atoms with Gasteiger partial charge in [0.05, 0.1) is 12.6 Å². The molecule has 0 radical (unpaired) electrons. The molecule has 24 heavy (non-hydrogen) atoms. The van der Waals surface area contributed by atoms with Gasteiger partial charge >= 0.3 is 6.03 Å². The molecule has 2 saturated heterocycles. The number of urea groups is 1. The van der Waals surface area contributed by atoms with Gasteiger partial charge in [0, 0.05) is 38.1 Å². The number of rotatable bonds is 4. The number of nitrogens with one attached hydrogen (secondary N) is 2. The van der Waals surface area contributed by atoms with Gasteiger partial charge in [-0.2, -0.15) is 0 Å². The number of aryl methyl sites for hydroxylation is 1. The molecule has 130 valence electrons. The Bertz CT molecular complexity index is 634. The van der Waals surface area contributed by atoms with E-state index in [-0.39, 0.29) is 24.1 Å². The van der Waals surface area contributed by atoms with Crippen molar-refractivity contribution in [1.29, 1.82) is 0 Å². The molecule has 2 aliphatic rings. The maximum absolute atomic E-state index is 12.6. The van der Waals surface area contributed by atoms with E-state index in [0.29, 0.717) is 31.9 Å². The average Bonchev–Trinajstić information content (AvgIpc) is 3.01. The van der Waals surface area contributed by atoms with Crippen LogP contribution in [0.4, 0.5) is 10.5 Å². The van der Waals surface area contributed by atoms with Gasteiger partial charge in [0.25, 0.3) is 5.91 Å². The number of ether oxygens (including phenoxy) is 2. The van der Waals surface area contributed by atoms with Crippen molar-refractivity contribution < 1.29 is 19.1 Å². The Morgan fingerprint density at radius 1 is 1.46 bits per heavy atom. The van der Waals surface area contributed by atoms with Gasteiger partial charge in [0.2, 0.25) is 0 Å². The van der Waals surface area contributed by atoms with Crippen LogP contribution in [0, 0.1) is 6.92 Å². The number of amides is 3.